The fourth-order valence-electron chi connectivity index (χ4n) is 2.17. The first kappa shape index (κ1) is 8.63. The number of rotatable bonds is 1. The summed E-state index contributed by atoms with van der Waals surface area (Å²) >= 11 is 0. The van der Waals surface area contributed by atoms with Crippen molar-refractivity contribution in [2.75, 3.05) is 11.9 Å². The number of anilines is 1. The van der Waals surface area contributed by atoms with E-state index in [0.29, 0.717) is 16.8 Å². The molecule has 1 aliphatic rings. The second-order valence-corrected chi connectivity index (χ2v) is 4.00. The Morgan fingerprint density at radius 2 is 2.28 bits per heavy atom. The third kappa shape index (κ3) is 1.44. The number of nitrogens with zero attached hydrogens (tertiary/aromatic N) is 3. The molecule has 1 aliphatic heterocycles. The average molecular weight is 243 g/mol. The van der Waals surface area contributed by atoms with Gasteiger partial charge in [0.25, 0.3) is 5.69 Å². The molecule has 2 aromatic rings. The Kier molecular flexibility index (Phi) is 1.82. The molecule has 1 aromatic heterocycles. The average Bonchev–Trinajstić information content (AvgIpc) is 2.44. The molecule has 18 heavy (non-hydrogen) atoms. The summed E-state index contributed by atoms with van der Waals surface area (Å²) in [7, 11) is 1.52. The third-order valence-corrected chi connectivity index (χ3v) is 2.90. The fraction of sp³-hybridized carbons (Fsp3) is 0.154. The summed E-state index contributed by atoms with van der Waals surface area (Å²) in [5, 5.41) is 11.2. The molecule has 0 amide bonds. The Morgan fingerprint density at radius 1 is 1.44 bits per heavy atom. The molecule has 0 fully saturated rings. The zero-order chi connectivity index (χ0) is 14.5. The summed E-state index contributed by atoms with van der Waals surface area (Å²) in [6.45, 7) is -1.84. The van der Waals surface area contributed by atoms with Crippen LogP contribution in [0.5, 0.6) is 0 Å². The minimum Gasteiger partial charge on any atom is -0.364 e. The number of pyridine rings is 1. The van der Waals surface area contributed by atoms with Gasteiger partial charge in [-0.3, -0.25) is 15.1 Å². The standard InChI is InChI=1S/C13H11N3O2/c1-15-8-9-4-3-7-14-12(9)10-5-2-6-11(13(10)15)16(17)18/h2-7H,8H2,1H3/i8D2. The molecule has 0 N–H and O–H groups in total. The molecule has 0 aliphatic carbocycles. The van der Waals surface area contributed by atoms with Crippen molar-refractivity contribution in [3.05, 3.63) is 52.2 Å². The highest BCUT2D eigenvalue weighted by Gasteiger charge is 2.27. The number of para-hydroxylation sites is 1. The maximum absolute atomic E-state index is 11.2. The van der Waals surface area contributed by atoms with E-state index in [-0.39, 0.29) is 11.4 Å². The molecule has 3 rings (SSSR count). The van der Waals surface area contributed by atoms with Gasteiger partial charge in [-0.1, -0.05) is 18.2 Å². The molecular formula is C13H11N3O2. The van der Waals surface area contributed by atoms with E-state index in [1.165, 1.54) is 18.0 Å². The van der Waals surface area contributed by atoms with E-state index in [0.717, 1.165) is 0 Å². The maximum atomic E-state index is 11.2. The highest BCUT2D eigenvalue weighted by molar-refractivity contribution is 5.87. The Morgan fingerprint density at radius 3 is 3.06 bits per heavy atom. The second kappa shape index (κ2) is 3.80. The van der Waals surface area contributed by atoms with E-state index in [4.69, 9.17) is 2.74 Å². The van der Waals surface area contributed by atoms with Crippen molar-refractivity contribution in [1.82, 2.24) is 4.98 Å². The lowest BCUT2D eigenvalue weighted by Gasteiger charge is -2.28. The number of nitro benzene ring substituents is 1. The first-order valence-corrected chi connectivity index (χ1v) is 5.41. The van der Waals surface area contributed by atoms with Crippen molar-refractivity contribution in [2.24, 2.45) is 0 Å². The van der Waals surface area contributed by atoms with Gasteiger partial charge >= 0.3 is 0 Å². The quantitative estimate of drug-likeness (QED) is 0.570. The predicted octanol–water partition coefficient (Wildman–Crippen LogP) is 2.61. The minimum atomic E-state index is -1.84. The largest absolute Gasteiger partial charge is 0.364 e. The van der Waals surface area contributed by atoms with E-state index in [1.54, 1.807) is 30.5 Å². The Balaban J connectivity index is 2.41. The third-order valence-electron chi connectivity index (χ3n) is 2.90. The van der Waals surface area contributed by atoms with Crippen molar-refractivity contribution in [3.8, 4) is 11.3 Å². The highest BCUT2D eigenvalue weighted by Crippen LogP contribution is 2.42. The predicted molar refractivity (Wildman–Crippen MR) is 68.4 cm³/mol. The van der Waals surface area contributed by atoms with Crippen molar-refractivity contribution in [2.45, 2.75) is 6.50 Å². The van der Waals surface area contributed by atoms with Crippen molar-refractivity contribution >= 4 is 11.4 Å². The maximum Gasteiger partial charge on any atom is 0.293 e. The summed E-state index contributed by atoms with van der Waals surface area (Å²) in [4.78, 5) is 16.2. The molecule has 0 atom stereocenters. The lowest BCUT2D eigenvalue weighted by molar-refractivity contribution is -0.384. The number of aromatic nitrogens is 1. The van der Waals surface area contributed by atoms with E-state index in [1.807, 2.05) is 0 Å². The van der Waals surface area contributed by atoms with Crippen molar-refractivity contribution < 1.29 is 7.66 Å². The number of hydrogen-bond donors (Lipinski definition) is 0. The molecule has 1 aromatic carbocycles. The molecule has 90 valence electrons. The van der Waals surface area contributed by atoms with Gasteiger partial charge in [-0.15, -0.1) is 0 Å². The summed E-state index contributed by atoms with van der Waals surface area (Å²) in [6.07, 6.45) is 1.56. The van der Waals surface area contributed by atoms with Crippen LogP contribution in [0.4, 0.5) is 11.4 Å². The van der Waals surface area contributed by atoms with Gasteiger partial charge in [-0.25, -0.2) is 0 Å². The highest BCUT2D eigenvalue weighted by atomic mass is 16.6. The molecule has 0 bridgehead atoms. The zero-order valence-corrected chi connectivity index (χ0v) is 9.62. The number of benzene rings is 1. The summed E-state index contributed by atoms with van der Waals surface area (Å²) in [5.41, 5.74) is 1.58. The van der Waals surface area contributed by atoms with Gasteiger partial charge in [0.05, 0.1) is 13.4 Å². The smallest absolute Gasteiger partial charge is 0.293 e. The van der Waals surface area contributed by atoms with Crippen LogP contribution in [0, 0.1) is 10.1 Å². The summed E-state index contributed by atoms with van der Waals surface area (Å²) in [5.74, 6) is 0. The van der Waals surface area contributed by atoms with Crippen LogP contribution in [0.15, 0.2) is 36.5 Å². The second-order valence-electron chi connectivity index (χ2n) is 4.00. The monoisotopic (exact) mass is 243 g/mol. The molecule has 0 unspecified atom stereocenters. The topological polar surface area (TPSA) is 59.3 Å². The van der Waals surface area contributed by atoms with Gasteiger partial charge in [0, 0.05) is 31.4 Å². The Hall–Kier alpha value is -2.43. The van der Waals surface area contributed by atoms with Gasteiger partial charge in [-0.2, -0.15) is 0 Å². The normalized spacial score (nSPS) is 17.3. The van der Waals surface area contributed by atoms with E-state index >= 15 is 0 Å². The van der Waals surface area contributed by atoms with Gasteiger partial charge in [0.1, 0.15) is 5.69 Å². The van der Waals surface area contributed by atoms with Crippen LogP contribution in [0.25, 0.3) is 11.3 Å². The first-order chi connectivity index (χ1) is 9.44. The van der Waals surface area contributed by atoms with Crippen LogP contribution in [-0.4, -0.2) is 17.0 Å². The van der Waals surface area contributed by atoms with Crippen LogP contribution in [0.1, 0.15) is 8.30 Å². The zero-order valence-electron chi connectivity index (χ0n) is 11.6. The molecule has 5 heteroatoms. The molecule has 5 nitrogen and oxygen atoms in total. The number of fused-ring (bicyclic) bond motifs is 3. The first-order valence-electron chi connectivity index (χ1n) is 6.41. The minimum absolute atomic E-state index is 0.120. The van der Waals surface area contributed by atoms with Gasteiger partial charge in [0.15, 0.2) is 0 Å². The Bertz CT molecular complexity index is 719. The van der Waals surface area contributed by atoms with Crippen LogP contribution in [0.3, 0.4) is 0 Å². The fourth-order valence-corrected chi connectivity index (χ4v) is 2.17. The van der Waals surface area contributed by atoms with Crippen LogP contribution >= 0.6 is 0 Å². The molecule has 0 spiro atoms. The van der Waals surface area contributed by atoms with Gasteiger partial charge in [0.2, 0.25) is 0 Å². The molecular weight excluding hydrogens is 230 g/mol. The number of hydrogen-bond acceptors (Lipinski definition) is 4. The van der Waals surface area contributed by atoms with Gasteiger partial charge in [-0.05, 0) is 11.6 Å². The summed E-state index contributed by atoms with van der Waals surface area (Å²) < 4.78 is 16.4. The van der Waals surface area contributed by atoms with E-state index in [2.05, 4.69) is 4.98 Å². The van der Waals surface area contributed by atoms with Gasteiger partial charge < -0.3 is 4.90 Å². The van der Waals surface area contributed by atoms with Crippen molar-refractivity contribution in [1.29, 1.82) is 0 Å². The van der Waals surface area contributed by atoms with E-state index < -0.39 is 11.4 Å². The lowest BCUT2D eigenvalue weighted by Crippen LogP contribution is -2.23. The number of nitro groups is 1. The van der Waals surface area contributed by atoms with Crippen LogP contribution in [0.2, 0.25) is 0 Å². The Labute approximate surface area is 107 Å². The van der Waals surface area contributed by atoms with E-state index in [9.17, 15) is 10.1 Å². The van der Waals surface area contributed by atoms with Crippen molar-refractivity contribution in [3.63, 3.8) is 0 Å². The molecule has 0 saturated carbocycles. The van der Waals surface area contributed by atoms with Crippen LogP contribution < -0.4 is 4.90 Å². The SMILES string of the molecule is [2H]C1([2H])c2cccnc2-c2cccc([N+](=O)[O-])c2N1C. The molecule has 2 heterocycles. The molecule has 0 radical (unpaired) electrons. The van der Waals surface area contributed by atoms with Crippen LogP contribution in [-0.2, 0) is 6.50 Å². The molecule has 0 saturated heterocycles. The lowest BCUT2D eigenvalue weighted by atomic mass is 9.98. The summed E-state index contributed by atoms with van der Waals surface area (Å²) in [6, 6.07) is 8.00.